The van der Waals surface area contributed by atoms with Crippen LogP contribution in [0.25, 0.3) is 0 Å². The molecular formula is C20H27F2N3O3. The second-order valence-electron chi connectivity index (χ2n) is 8.05. The van der Waals surface area contributed by atoms with Gasteiger partial charge in [0.1, 0.15) is 17.2 Å². The number of piperazine rings is 1. The Balaban J connectivity index is 1.62. The predicted molar refractivity (Wildman–Crippen MR) is 99.6 cm³/mol. The molecule has 0 aromatic heterocycles. The van der Waals surface area contributed by atoms with Gasteiger partial charge in [-0.15, -0.1) is 0 Å². The third-order valence-corrected chi connectivity index (χ3v) is 6.23. The van der Waals surface area contributed by atoms with Gasteiger partial charge in [-0.25, -0.2) is 8.78 Å². The maximum Gasteiger partial charge on any atom is 0.256 e. The molecule has 2 aliphatic rings. The lowest BCUT2D eigenvalue weighted by Crippen LogP contribution is -2.76. The molecule has 0 spiro atoms. The number of halogens is 2. The number of benzene rings is 1. The van der Waals surface area contributed by atoms with Crippen LogP contribution in [0.15, 0.2) is 18.2 Å². The summed E-state index contributed by atoms with van der Waals surface area (Å²) in [4.78, 5) is 28.7. The Morgan fingerprint density at radius 2 is 1.79 bits per heavy atom. The molecule has 1 aliphatic carbocycles. The third kappa shape index (κ3) is 3.28. The number of hydrogen-bond acceptors (Lipinski definition) is 4. The van der Waals surface area contributed by atoms with Gasteiger partial charge in [0.2, 0.25) is 5.91 Å². The number of carbonyl (C=O) groups excluding carboxylic acids is 2. The molecule has 0 radical (unpaired) electrons. The van der Waals surface area contributed by atoms with E-state index in [9.17, 15) is 18.4 Å². The van der Waals surface area contributed by atoms with Crippen molar-refractivity contribution in [1.29, 1.82) is 0 Å². The first-order chi connectivity index (χ1) is 13.1. The minimum atomic E-state index is -0.998. The van der Waals surface area contributed by atoms with Crippen LogP contribution in [-0.2, 0) is 9.53 Å². The summed E-state index contributed by atoms with van der Waals surface area (Å²) in [5.74, 6) is -2.27. The fourth-order valence-electron chi connectivity index (χ4n) is 4.03. The molecule has 1 heterocycles. The van der Waals surface area contributed by atoms with E-state index in [2.05, 4.69) is 0 Å². The van der Waals surface area contributed by atoms with Crippen LogP contribution in [0.2, 0.25) is 0 Å². The molecule has 2 unspecified atom stereocenters. The van der Waals surface area contributed by atoms with E-state index in [-0.39, 0.29) is 30.7 Å². The van der Waals surface area contributed by atoms with E-state index in [0.29, 0.717) is 32.2 Å². The van der Waals surface area contributed by atoms with Crippen LogP contribution in [0.1, 0.15) is 37.6 Å². The lowest BCUT2D eigenvalue weighted by atomic mass is 9.54. The van der Waals surface area contributed by atoms with Gasteiger partial charge >= 0.3 is 0 Å². The van der Waals surface area contributed by atoms with Crippen molar-refractivity contribution in [2.75, 3.05) is 32.8 Å². The van der Waals surface area contributed by atoms with Gasteiger partial charge in [-0.05, 0) is 19.1 Å². The molecule has 8 heteroatoms. The monoisotopic (exact) mass is 395 g/mol. The van der Waals surface area contributed by atoms with Gasteiger partial charge in [0.05, 0.1) is 11.7 Å². The number of amides is 2. The molecule has 28 heavy (non-hydrogen) atoms. The Hall–Kier alpha value is -2.06. The second-order valence-corrected chi connectivity index (χ2v) is 8.05. The van der Waals surface area contributed by atoms with Crippen molar-refractivity contribution in [3.63, 3.8) is 0 Å². The molecule has 1 aromatic carbocycles. The summed E-state index contributed by atoms with van der Waals surface area (Å²) >= 11 is 0. The van der Waals surface area contributed by atoms with Gasteiger partial charge in [-0.3, -0.25) is 9.59 Å². The van der Waals surface area contributed by atoms with Crippen LogP contribution in [-0.4, -0.2) is 66.0 Å². The average Bonchev–Trinajstić information content (AvgIpc) is 2.66. The number of carbonyl (C=O) groups is 2. The summed E-state index contributed by atoms with van der Waals surface area (Å²) in [5, 5.41) is 0. The van der Waals surface area contributed by atoms with Crippen LogP contribution in [0, 0.1) is 17.0 Å². The fourth-order valence-corrected chi connectivity index (χ4v) is 4.03. The lowest BCUT2D eigenvalue weighted by Gasteiger charge is -2.59. The van der Waals surface area contributed by atoms with Gasteiger partial charge in [-0.1, -0.05) is 13.8 Å². The highest BCUT2D eigenvalue weighted by molar-refractivity contribution is 5.95. The van der Waals surface area contributed by atoms with Gasteiger partial charge in [0, 0.05) is 50.7 Å². The van der Waals surface area contributed by atoms with E-state index in [1.54, 1.807) is 4.90 Å². The fraction of sp³-hybridized carbons (Fsp3) is 0.600. The quantitative estimate of drug-likeness (QED) is 0.843. The van der Waals surface area contributed by atoms with Crippen LogP contribution < -0.4 is 5.73 Å². The van der Waals surface area contributed by atoms with E-state index in [1.807, 2.05) is 20.8 Å². The molecule has 1 saturated heterocycles. The maximum absolute atomic E-state index is 13.9. The van der Waals surface area contributed by atoms with Crippen molar-refractivity contribution in [3.8, 4) is 0 Å². The highest BCUT2D eigenvalue weighted by atomic mass is 19.1. The van der Waals surface area contributed by atoms with Crippen LogP contribution in [0.4, 0.5) is 8.78 Å². The number of hydrogen-bond donors (Lipinski definition) is 1. The Bertz CT molecular complexity index is 778. The number of nitrogens with two attached hydrogens (primary N) is 1. The highest BCUT2D eigenvalue weighted by Gasteiger charge is 2.63. The van der Waals surface area contributed by atoms with Gasteiger partial charge < -0.3 is 20.3 Å². The predicted octanol–water partition coefficient (Wildman–Crippen LogP) is 1.78. The van der Waals surface area contributed by atoms with Crippen LogP contribution >= 0.6 is 0 Å². The summed E-state index contributed by atoms with van der Waals surface area (Å²) < 4.78 is 32.6. The minimum absolute atomic E-state index is 0.0595. The number of rotatable bonds is 4. The summed E-state index contributed by atoms with van der Waals surface area (Å²) in [7, 11) is 0. The van der Waals surface area contributed by atoms with Gasteiger partial charge in [-0.2, -0.15) is 0 Å². The smallest absolute Gasteiger partial charge is 0.256 e. The van der Waals surface area contributed by atoms with E-state index >= 15 is 0 Å². The van der Waals surface area contributed by atoms with Crippen molar-refractivity contribution in [2.45, 2.75) is 38.8 Å². The SMILES string of the molecule is CCOC1CC(N)(C(=O)N2CCN(C(=O)c3ccc(F)cc3F)CC2)C1(C)C. The number of nitrogens with zero attached hydrogens (tertiary/aromatic N) is 2. The minimum Gasteiger partial charge on any atom is -0.378 e. The first-order valence-corrected chi connectivity index (χ1v) is 9.56. The largest absolute Gasteiger partial charge is 0.378 e. The zero-order valence-electron chi connectivity index (χ0n) is 16.5. The summed E-state index contributed by atoms with van der Waals surface area (Å²) in [5.41, 5.74) is 4.81. The van der Waals surface area contributed by atoms with E-state index in [4.69, 9.17) is 10.5 Å². The first kappa shape index (κ1) is 20.7. The molecule has 0 bridgehead atoms. The molecule has 1 aromatic rings. The maximum atomic E-state index is 13.9. The van der Waals surface area contributed by atoms with Crippen molar-refractivity contribution < 1.29 is 23.1 Å². The van der Waals surface area contributed by atoms with Crippen molar-refractivity contribution in [2.24, 2.45) is 11.1 Å². The second kappa shape index (κ2) is 7.40. The average molecular weight is 395 g/mol. The normalized spacial score (nSPS) is 26.7. The Morgan fingerprint density at radius 1 is 1.18 bits per heavy atom. The zero-order chi connectivity index (χ0) is 20.7. The van der Waals surface area contributed by atoms with E-state index in [1.165, 1.54) is 4.90 Å². The molecule has 2 fully saturated rings. The van der Waals surface area contributed by atoms with Crippen molar-refractivity contribution in [3.05, 3.63) is 35.4 Å². The van der Waals surface area contributed by atoms with Gasteiger partial charge in [0.25, 0.3) is 5.91 Å². The molecular weight excluding hydrogens is 368 g/mol. The molecule has 154 valence electrons. The van der Waals surface area contributed by atoms with E-state index < -0.39 is 28.5 Å². The molecule has 1 saturated carbocycles. The molecule has 6 nitrogen and oxygen atoms in total. The number of ether oxygens (including phenoxy) is 1. The first-order valence-electron chi connectivity index (χ1n) is 9.56. The lowest BCUT2D eigenvalue weighted by molar-refractivity contribution is -0.180. The molecule has 2 atom stereocenters. The Kier molecular flexibility index (Phi) is 5.46. The third-order valence-electron chi connectivity index (χ3n) is 6.23. The van der Waals surface area contributed by atoms with Crippen molar-refractivity contribution >= 4 is 11.8 Å². The zero-order valence-corrected chi connectivity index (χ0v) is 16.5. The molecule has 2 N–H and O–H groups in total. The summed E-state index contributed by atoms with van der Waals surface area (Å²) in [6, 6.07) is 2.89. The summed E-state index contributed by atoms with van der Waals surface area (Å²) in [6.45, 7) is 7.54. The topological polar surface area (TPSA) is 75.9 Å². The molecule has 2 amide bonds. The van der Waals surface area contributed by atoms with Gasteiger partial charge in [0.15, 0.2) is 0 Å². The van der Waals surface area contributed by atoms with Crippen LogP contribution in [0.3, 0.4) is 0 Å². The van der Waals surface area contributed by atoms with Crippen molar-refractivity contribution in [1.82, 2.24) is 9.80 Å². The van der Waals surface area contributed by atoms with Crippen LogP contribution in [0.5, 0.6) is 0 Å². The Morgan fingerprint density at radius 3 is 2.32 bits per heavy atom. The standard InChI is InChI=1S/C20H27F2N3O3/c1-4-28-16-12-20(23,19(16,2)3)18(27)25-9-7-24(8-10-25)17(26)14-6-5-13(21)11-15(14)22/h5-6,11,16H,4,7-10,12,23H2,1-3H3. The molecule has 3 rings (SSSR count). The van der Waals surface area contributed by atoms with E-state index in [0.717, 1.165) is 12.1 Å². The highest BCUT2D eigenvalue weighted by Crippen LogP contribution is 2.50. The molecule has 1 aliphatic heterocycles. The summed E-state index contributed by atoms with van der Waals surface area (Å²) in [6.07, 6.45) is 0.405. The Labute approximate surface area is 163 Å².